The SMILES string of the molecule is CN(C)S(=O)(=O)c1cc(C(=O)N2CCC(Cc3cccc(F)c3)CC2)ccc1Br. The highest BCUT2D eigenvalue weighted by atomic mass is 79.9. The van der Waals surface area contributed by atoms with Crippen LogP contribution in [0.3, 0.4) is 0 Å². The summed E-state index contributed by atoms with van der Waals surface area (Å²) in [6, 6.07) is 11.3. The summed E-state index contributed by atoms with van der Waals surface area (Å²) in [5.74, 6) is 0.00110. The van der Waals surface area contributed by atoms with Crippen LogP contribution in [-0.4, -0.2) is 50.7 Å². The molecule has 1 fully saturated rings. The van der Waals surface area contributed by atoms with Crippen molar-refractivity contribution in [3.05, 3.63) is 63.9 Å². The molecule has 1 aliphatic rings. The minimum Gasteiger partial charge on any atom is -0.339 e. The highest BCUT2D eigenvalue weighted by Crippen LogP contribution is 2.27. The number of benzene rings is 2. The molecule has 1 heterocycles. The summed E-state index contributed by atoms with van der Waals surface area (Å²) >= 11 is 3.27. The minimum atomic E-state index is -3.66. The van der Waals surface area contributed by atoms with E-state index in [0.717, 1.165) is 29.1 Å². The number of nitrogens with zero attached hydrogens (tertiary/aromatic N) is 2. The Hall–Kier alpha value is -1.77. The highest BCUT2D eigenvalue weighted by molar-refractivity contribution is 9.10. The van der Waals surface area contributed by atoms with Crippen molar-refractivity contribution in [3.63, 3.8) is 0 Å². The second kappa shape index (κ2) is 8.93. The van der Waals surface area contributed by atoms with Crippen molar-refractivity contribution >= 4 is 31.9 Å². The standard InChI is InChI=1S/C21H24BrFN2O3S/c1-24(2)29(27,28)20-14-17(6-7-19(20)22)21(26)25-10-8-15(9-11-25)12-16-4-3-5-18(23)13-16/h3-7,13-15H,8-12H2,1-2H3. The number of amides is 1. The predicted octanol–water partition coefficient (Wildman–Crippen LogP) is 3.93. The summed E-state index contributed by atoms with van der Waals surface area (Å²) in [6.45, 7) is 1.20. The second-order valence-corrected chi connectivity index (χ2v) is 10.5. The lowest BCUT2D eigenvalue weighted by molar-refractivity contribution is 0.0690. The Labute approximate surface area is 179 Å². The smallest absolute Gasteiger partial charge is 0.253 e. The third-order valence-electron chi connectivity index (χ3n) is 5.25. The summed E-state index contributed by atoms with van der Waals surface area (Å²) in [5, 5.41) is 0. The quantitative estimate of drug-likeness (QED) is 0.648. The maximum absolute atomic E-state index is 13.4. The van der Waals surface area contributed by atoms with Crippen molar-refractivity contribution in [1.29, 1.82) is 0 Å². The third kappa shape index (κ3) is 5.05. The molecule has 0 N–H and O–H groups in total. The molecule has 0 bridgehead atoms. The minimum absolute atomic E-state index is 0.0781. The van der Waals surface area contributed by atoms with Gasteiger partial charge < -0.3 is 4.90 Å². The van der Waals surface area contributed by atoms with E-state index in [1.54, 1.807) is 29.2 Å². The van der Waals surface area contributed by atoms with Gasteiger partial charge in [0.15, 0.2) is 0 Å². The number of sulfonamides is 1. The molecule has 0 unspecified atom stereocenters. The molecule has 0 aromatic heterocycles. The molecule has 2 aromatic carbocycles. The summed E-state index contributed by atoms with van der Waals surface area (Å²) in [4.78, 5) is 14.8. The predicted molar refractivity (Wildman–Crippen MR) is 114 cm³/mol. The first-order chi connectivity index (χ1) is 13.7. The molecule has 0 spiro atoms. The van der Waals surface area contributed by atoms with E-state index in [1.807, 2.05) is 6.07 Å². The Kier molecular flexibility index (Phi) is 6.76. The lowest BCUT2D eigenvalue weighted by Crippen LogP contribution is -2.39. The molecular formula is C21H24BrFN2O3S. The van der Waals surface area contributed by atoms with Gasteiger partial charge in [-0.15, -0.1) is 0 Å². The van der Waals surface area contributed by atoms with Crippen LogP contribution >= 0.6 is 15.9 Å². The van der Waals surface area contributed by atoms with Crippen LogP contribution in [0.25, 0.3) is 0 Å². The van der Waals surface area contributed by atoms with Crippen molar-refractivity contribution < 1.29 is 17.6 Å². The second-order valence-electron chi connectivity index (χ2n) is 7.50. The van der Waals surface area contributed by atoms with Crippen LogP contribution < -0.4 is 0 Å². The third-order valence-corrected chi connectivity index (χ3v) is 8.06. The van der Waals surface area contributed by atoms with E-state index in [-0.39, 0.29) is 16.6 Å². The molecule has 1 saturated heterocycles. The first-order valence-corrected chi connectivity index (χ1v) is 11.7. The molecule has 3 rings (SSSR count). The molecular weight excluding hydrogens is 459 g/mol. The van der Waals surface area contributed by atoms with Crippen LogP contribution in [0.2, 0.25) is 0 Å². The first-order valence-electron chi connectivity index (χ1n) is 9.44. The van der Waals surface area contributed by atoms with Gasteiger partial charge in [0, 0.05) is 37.2 Å². The number of carbonyl (C=O) groups excluding carboxylic acids is 1. The average Bonchev–Trinajstić information content (AvgIpc) is 2.68. The molecule has 0 saturated carbocycles. The summed E-state index contributed by atoms with van der Waals surface area (Å²) < 4.78 is 39.9. The Balaban J connectivity index is 1.68. The van der Waals surface area contributed by atoms with E-state index < -0.39 is 10.0 Å². The molecule has 5 nitrogen and oxygen atoms in total. The fourth-order valence-electron chi connectivity index (χ4n) is 3.55. The lowest BCUT2D eigenvalue weighted by Gasteiger charge is -2.32. The van der Waals surface area contributed by atoms with Gasteiger partial charge in [-0.1, -0.05) is 12.1 Å². The summed E-state index contributed by atoms with van der Waals surface area (Å²) in [7, 11) is -0.740. The van der Waals surface area contributed by atoms with Crippen LogP contribution in [0.1, 0.15) is 28.8 Å². The van der Waals surface area contributed by atoms with Crippen molar-refractivity contribution in [3.8, 4) is 0 Å². The van der Waals surface area contributed by atoms with Crippen LogP contribution in [0.15, 0.2) is 51.8 Å². The van der Waals surface area contributed by atoms with E-state index in [2.05, 4.69) is 15.9 Å². The van der Waals surface area contributed by atoms with E-state index in [1.165, 1.54) is 26.2 Å². The molecule has 0 radical (unpaired) electrons. The number of halogens is 2. The van der Waals surface area contributed by atoms with Crippen LogP contribution in [0.5, 0.6) is 0 Å². The zero-order valence-electron chi connectivity index (χ0n) is 16.4. The first kappa shape index (κ1) is 21.9. The topological polar surface area (TPSA) is 57.7 Å². The number of piperidine rings is 1. The number of rotatable bonds is 5. The largest absolute Gasteiger partial charge is 0.339 e. The Bertz CT molecular complexity index is 1000. The van der Waals surface area contributed by atoms with Crippen LogP contribution in [-0.2, 0) is 16.4 Å². The molecule has 1 aliphatic heterocycles. The van der Waals surface area contributed by atoms with Gasteiger partial charge in [-0.2, -0.15) is 0 Å². The fraction of sp³-hybridized carbons (Fsp3) is 0.381. The summed E-state index contributed by atoms with van der Waals surface area (Å²) in [5.41, 5.74) is 1.33. The van der Waals surface area contributed by atoms with Crippen molar-refractivity contribution in [1.82, 2.24) is 9.21 Å². The van der Waals surface area contributed by atoms with Crippen molar-refractivity contribution in [2.24, 2.45) is 5.92 Å². The van der Waals surface area contributed by atoms with E-state index in [0.29, 0.717) is 29.0 Å². The van der Waals surface area contributed by atoms with Gasteiger partial charge in [-0.25, -0.2) is 17.1 Å². The van der Waals surface area contributed by atoms with Crippen molar-refractivity contribution in [2.75, 3.05) is 27.2 Å². The Morgan fingerprint density at radius 1 is 1.17 bits per heavy atom. The number of hydrogen-bond donors (Lipinski definition) is 0. The Morgan fingerprint density at radius 2 is 1.86 bits per heavy atom. The molecule has 2 aromatic rings. The average molecular weight is 483 g/mol. The zero-order chi connectivity index (χ0) is 21.2. The van der Waals surface area contributed by atoms with Gasteiger partial charge in [-0.05, 0) is 77.0 Å². The van der Waals surface area contributed by atoms with Crippen LogP contribution in [0, 0.1) is 11.7 Å². The number of carbonyl (C=O) groups is 1. The highest BCUT2D eigenvalue weighted by Gasteiger charge is 2.26. The van der Waals surface area contributed by atoms with Gasteiger partial charge in [0.2, 0.25) is 10.0 Å². The molecule has 0 aliphatic carbocycles. The summed E-state index contributed by atoms with van der Waals surface area (Å²) in [6.07, 6.45) is 2.46. The van der Waals surface area contributed by atoms with E-state index in [4.69, 9.17) is 0 Å². The molecule has 0 atom stereocenters. The molecule has 1 amide bonds. The maximum Gasteiger partial charge on any atom is 0.253 e. The van der Waals surface area contributed by atoms with Crippen LogP contribution in [0.4, 0.5) is 4.39 Å². The Morgan fingerprint density at radius 3 is 2.48 bits per heavy atom. The molecule has 8 heteroatoms. The van der Waals surface area contributed by atoms with Crippen molar-refractivity contribution in [2.45, 2.75) is 24.2 Å². The van der Waals surface area contributed by atoms with Gasteiger partial charge in [0.1, 0.15) is 5.82 Å². The molecule has 29 heavy (non-hydrogen) atoms. The fourth-order valence-corrected chi connectivity index (χ4v) is 5.39. The molecule has 156 valence electrons. The van der Waals surface area contributed by atoms with Gasteiger partial charge in [0.05, 0.1) is 4.90 Å². The number of likely N-dealkylation sites (tertiary alicyclic amines) is 1. The monoisotopic (exact) mass is 482 g/mol. The van der Waals surface area contributed by atoms with E-state index in [9.17, 15) is 17.6 Å². The lowest BCUT2D eigenvalue weighted by atomic mass is 9.90. The van der Waals surface area contributed by atoms with Gasteiger partial charge in [0.25, 0.3) is 5.91 Å². The normalized spacial score (nSPS) is 15.7. The number of hydrogen-bond acceptors (Lipinski definition) is 3. The maximum atomic E-state index is 13.4. The van der Waals surface area contributed by atoms with Gasteiger partial charge >= 0.3 is 0 Å². The van der Waals surface area contributed by atoms with E-state index >= 15 is 0 Å². The van der Waals surface area contributed by atoms with Gasteiger partial charge in [-0.3, -0.25) is 4.79 Å². The zero-order valence-corrected chi connectivity index (χ0v) is 18.8.